The van der Waals surface area contributed by atoms with Crippen molar-refractivity contribution in [3.8, 4) is 5.75 Å². The highest BCUT2D eigenvalue weighted by molar-refractivity contribution is 7.92. The third kappa shape index (κ3) is 4.80. The molecule has 3 aromatic rings. The minimum absolute atomic E-state index is 0.102. The zero-order valence-corrected chi connectivity index (χ0v) is 20.6. The van der Waals surface area contributed by atoms with Crippen LogP contribution >= 0.6 is 0 Å². The molecule has 6 nitrogen and oxygen atoms in total. The summed E-state index contributed by atoms with van der Waals surface area (Å²) in [5.41, 5.74) is 4.85. The highest BCUT2D eigenvalue weighted by atomic mass is 32.2. The molecule has 0 spiro atoms. The first-order valence-corrected chi connectivity index (χ1v) is 13.0. The van der Waals surface area contributed by atoms with Crippen molar-refractivity contribution in [1.82, 2.24) is 5.32 Å². The van der Waals surface area contributed by atoms with Gasteiger partial charge < -0.3 is 10.1 Å². The van der Waals surface area contributed by atoms with Crippen LogP contribution in [-0.4, -0.2) is 27.0 Å². The predicted octanol–water partition coefficient (Wildman–Crippen LogP) is 4.39. The summed E-state index contributed by atoms with van der Waals surface area (Å²) in [4.78, 5) is 13.3. The van der Waals surface area contributed by atoms with Gasteiger partial charge in [0.2, 0.25) is 0 Å². The van der Waals surface area contributed by atoms with Crippen LogP contribution in [-0.2, 0) is 34.2 Å². The number of nitrogens with zero attached hydrogens (tertiary/aromatic N) is 1. The van der Waals surface area contributed by atoms with E-state index in [4.69, 9.17) is 4.74 Å². The van der Waals surface area contributed by atoms with Crippen molar-refractivity contribution < 1.29 is 17.9 Å². The summed E-state index contributed by atoms with van der Waals surface area (Å²) in [6, 6.07) is 19.9. The molecule has 0 saturated carbocycles. The Kier molecular flexibility index (Phi) is 6.93. The molecule has 0 radical (unpaired) electrons. The van der Waals surface area contributed by atoms with Crippen molar-refractivity contribution in [3.05, 3.63) is 89.0 Å². The third-order valence-electron chi connectivity index (χ3n) is 6.15. The fourth-order valence-corrected chi connectivity index (χ4v) is 5.58. The fraction of sp³-hybridized carbons (Fsp3) is 0.296. The molecule has 0 unspecified atom stereocenters. The Bertz CT molecular complexity index is 1290. The van der Waals surface area contributed by atoms with Crippen molar-refractivity contribution in [2.45, 2.75) is 51.2 Å². The Hall–Kier alpha value is -3.32. The minimum Gasteiger partial charge on any atom is -0.476 e. The van der Waals surface area contributed by atoms with Crippen molar-refractivity contribution in [1.29, 1.82) is 0 Å². The SMILES string of the molecule is CCc1ccc(CC)c(CNC(=O)[C@H]2CN(S(=O)(=O)c3ccc(C)cc3)c3ccccc3O2)c1. The largest absolute Gasteiger partial charge is 0.476 e. The van der Waals surface area contributed by atoms with Crippen molar-refractivity contribution in [2.24, 2.45) is 0 Å². The summed E-state index contributed by atoms with van der Waals surface area (Å²) in [6.07, 6.45) is 0.819. The van der Waals surface area contributed by atoms with Crippen LogP contribution in [0.1, 0.15) is 36.1 Å². The molecule has 7 heteroatoms. The zero-order valence-electron chi connectivity index (χ0n) is 19.7. The molecule has 1 amide bonds. The van der Waals surface area contributed by atoms with Gasteiger partial charge in [0.25, 0.3) is 15.9 Å². The smallest absolute Gasteiger partial charge is 0.264 e. The van der Waals surface area contributed by atoms with Crippen LogP contribution in [0.5, 0.6) is 5.75 Å². The van der Waals surface area contributed by atoms with Gasteiger partial charge in [0, 0.05) is 6.54 Å². The summed E-state index contributed by atoms with van der Waals surface area (Å²) < 4.78 is 34.2. The molecule has 34 heavy (non-hydrogen) atoms. The van der Waals surface area contributed by atoms with Gasteiger partial charge in [0.05, 0.1) is 17.1 Å². The van der Waals surface area contributed by atoms with Crippen LogP contribution in [0, 0.1) is 6.92 Å². The van der Waals surface area contributed by atoms with E-state index in [1.165, 1.54) is 15.4 Å². The number of ether oxygens (including phenoxy) is 1. The number of nitrogens with one attached hydrogen (secondary N) is 1. The first-order chi connectivity index (χ1) is 16.3. The molecule has 0 saturated heterocycles. The first-order valence-electron chi connectivity index (χ1n) is 11.6. The molecule has 0 aliphatic carbocycles. The number of carbonyl (C=O) groups is 1. The van der Waals surface area contributed by atoms with E-state index in [1.54, 1.807) is 48.5 Å². The summed E-state index contributed by atoms with van der Waals surface area (Å²) >= 11 is 0. The number of hydrogen-bond acceptors (Lipinski definition) is 4. The molecule has 0 bridgehead atoms. The zero-order chi connectivity index (χ0) is 24.3. The average Bonchev–Trinajstić information content (AvgIpc) is 2.86. The number of carbonyl (C=O) groups excluding carboxylic acids is 1. The normalized spacial score (nSPS) is 15.4. The Morgan fingerprint density at radius 2 is 1.74 bits per heavy atom. The Morgan fingerprint density at radius 1 is 1.00 bits per heavy atom. The van der Waals surface area contributed by atoms with E-state index < -0.39 is 16.1 Å². The number of fused-ring (bicyclic) bond motifs is 1. The van der Waals surface area contributed by atoms with Crippen LogP contribution in [0.25, 0.3) is 0 Å². The second-order valence-corrected chi connectivity index (χ2v) is 10.3. The molecule has 4 rings (SSSR count). The maximum atomic E-state index is 13.5. The molecular formula is C27H30N2O4S. The molecule has 0 fully saturated rings. The van der Waals surface area contributed by atoms with Gasteiger partial charge >= 0.3 is 0 Å². The average molecular weight is 479 g/mol. The van der Waals surface area contributed by atoms with Gasteiger partial charge in [-0.1, -0.05) is 61.9 Å². The molecule has 1 aliphatic heterocycles. The maximum absolute atomic E-state index is 13.5. The number of aryl methyl sites for hydroxylation is 3. The van der Waals surface area contributed by atoms with E-state index in [9.17, 15) is 13.2 Å². The summed E-state index contributed by atoms with van der Waals surface area (Å²) in [5.74, 6) is 0.0226. The maximum Gasteiger partial charge on any atom is 0.264 e. The van der Waals surface area contributed by atoms with Crippen molar-refractivity contribution in [3.63, 3.8) is 0 Å². The Balaban J connectivity index is 1.58. The van der Waals surface area contributed by atoms with Crippen LogP contribution in [0.15, 0.2) is 71.6 Å². The Labute approximate surface area is 201 Å². The number of hydrogen-bond donors (Lipinski definition) is 1. The molecular weight excluding hydrogens is 448 g/mol. The van der Waals surface area contributed by atoms with Gasteiger partial charge in [-0.2, -0.15) is 0 Å². The number of sulfonamides is 1. The number of benzene rings is 3. The van der Waals surface area contributed by atoms with Crippen molar-refractivity contribution >= 4 is 21.6 Å². The summed E-state index contributed by atoms with van der Waals surface area (Å²) in [5, 5.41) is 2.96. The van der Waals surface area contributed by atoms with E-state index in [0.29, 0.717) is 18.0 Å². The quantitative estimate of drug-likeness (QED) is 0.546. The summed E-state index contributed by atoms with van der Waals surface area (Å²) in [6.45, 7) is 6.35. The third-order valence-corrected chi connectivity index (χ3v) is 7.94. The van der Waals surface area contributed by atoms with Crippen molar-refractivity contribution in [2.75, 3.05) is 10.8 Å². The lowest BCUT2D eigenvalue weighted by molar-refractivity contribution is -0.127. The predicted molar refractivity (Wildman–Crippen MR) is 134 cm³/mol. The van der Waals surface area contributed by atoms with Gasteiger partial charge in [-0.05, 0) is 60.7 Å². The standard InChI is InChI=1S/C27H30N2O4S/c1-4-20-12-13-21(5-2)22(16-20)17-28-27(30)26-18-29(24-8-6-7-9-25(24)33-26)34(31,32)23-14-10-19(3)11-15-23/h6-16,26H,4-5,17-18H2,1-3H3,(H,28,30)/t26-/m1/s1. The first kappa shape index (κ1) is 23.8. The lowest BCUT2D eigenvalue weighted by Gasteiger charge is -2.34. The molecule has 1 N–H and O–H groups in total. The van der Waals surface area contributed by atoms with E-state index in [-0.39, 0.29) is 17.3 Å². The topological polar surface area (TPSA) is 75.7 Å². The fourth-order valence-electron chi connectivity index (χ4n) is 4.11. The van der Waals surface area contributed by atoms with E-state index >= 15 is 0 Å². The minimum atomic E-state index is -3.87. The van der Waals surface area contributed by atoms with Crippen LogP contribution in [0.2, 0.25) is 0 Å². The Morgan fingerprint density at radius 3 is 2.44 bits per heavy atom. The molecule has 1 heterocycles. The van der Waals surface area contributed by atoms with Crippen LogP contribution in [0.4, 0.5) is 5.69 Å². The van der Waals surface area contributed by atoms with Crippen LogP contribution < -0.4 is 14.4 Å². The molecule has 178 valence electrons. The van der Waals surface area contributed by atoms with E-state index in [2.05, 4.69) is 37.4 Å². The van der Waals surface area contributed by atoms with Gasteiger partial charge in [0.15, 0.2) is 6.10 Å². The highest BCUT2D eigenvalue weighted by Gasteiger charge is 2.37. The molecule has 3 aromatic carbocycles. The van der Waals surface area contributed by atoms with Crippen LogP contribution in [0.3, 0.4) is 0 Å². The number of amides is 1. The number of rotatable bonds is 7. The molecule has 0 aromatic heterocycles. The van der Waals surface area contributed by atoms with Gasteiger partial charge in [0.1, 0.15) is 5.75 Å². The lowest BCUT2D eigenvalue weighted by Crippen LogP contribution is -2.50. The van der Waals surface area contributed by atoms with Gasteiger partial charge in [-0.25, -0.2) is 8.42 Å². The summed E-state index contributed by atoms with van der Waals surface area (Å²) in [7, 11) is -3.87. The monoisotopic (exact) mass is 478 g/mol. The lowest BCUT2D eigenvalue weighted by atomic mass is 10.0. The molecule has 1 aliphatic rings. The number of para-hydroxylation sites is 2. The number of anilines is 1. The van der Waals surface area contributed by atoms with Gasteiger partial charge in [-0.3, -0.25) is 9.10 Å². The van der Waals surface area contributed by atoms with E-state index in [1.807, 2.05) is 6.92 Å². The second kappa shape index (κ2) is 9.89. The second-order valence-electron chi connectivity index (χ2n) is 8.45. The molecule has 1 atom stereocenters. The van der Waals surface area contributed by atoms with E-state index in [0.717, 1.165) is 24.0 Å². The van der Waals surface area contributed by atoms with Gasteiger partial charge in [-0.15, -0.1) is 0 Å². The highest BCUT2D eigenvalue weighted by Crippen LogP contribution is 2.36.